The van der Waals surface area contributed by atoms with E-state index in [9.17, 15) is 0 Å². The van der Waals surface area contributed by atoms with Crippen LogP contribution >= 0.6 is 0 Å². The molecule has 4 heteroatoms. The van der Waals surface area contributed by atoms with E-state index in [1.165, 1.54) is 44.4 Å². The average Bonchev–Trinajstić information content (AvgIpc) is 3.56. The molecule has 5 aromatic rings. The van der Waals surface area contributed by atoms with Crippen molar-refractivity contribution in [2.24, 2.45) is 0 Å². The number of fused-ring (bicyclic) bond motifs is 5. The Bertz CT molecular complexity index is 1810. The van der Waals surface area contributed by atoms with Crippen LogP contribution in [0.25, 0.3) is 45.6 Å². The van der Waals surface area contributed by atoms with Crippen LogP contribution in [0, 0.1) is 0 Å². The second kappa shape index (κ2) is 8.56. The summed E-state index contributed by atoms with van der Waals surface area (Å²) in [6, 6.07) is 26.1. The van der Waals surface area contributed by atoms with E-state index < -0.39 is 0 Å². The van der Waals surface area contributed by atoms with Crippen molar-refractivity contribution in [3.63, 3.8) is 0 Å². The molecule has 0 saturated heterocycles. The van der Waals surface area contributed by atoms with Gasteiger partial charge in [0.15, 0.2) is 5.82 Å². The zero-order chi connectivity index (χ0) is 25.1. The van der Waals surface area contributed by atoms with Gasteiger partial charge in [0.25, 0.3) is 0 Å². The van der Waals surface area contributed by atoms with E-state index in [-0.39, 0.29) is 0 Å². The largest absolute Gasteiger partial charge is 0.278 e. The Balaban J connectivity index is 1.39. The van der Waals surface area contributed by atoms with Gasteiger partial charge in [-0.25, -0.2) is 0 Å². The van der Waals surface area contributed by atoms with E-state index in [2.05, 4.69) is 106 Å². The SMILES string of the molecule is C1=CC2=C(CC1)c1ccc(-n3c(-c4ccccc4)nnc3-n3c4c(c5ccccc53)CCC=C4)cc1CC2. The monoisotopic (exact) mass is 492 g/mol. The van der Waals surface area contributed by atoms with Gasteiger partial charge < -0.3 is 0 Å². The maximum Gasteiger partial charge on any atom is 0.241 e. The van der Waals surface area contributed by atoms with Crippen LogP contribution in [0.15, 0.2) is 96.6 Å². The highest BCUT2D eigenvalue weighted by Crippen LogP contribution is 2.40. The van der Waals surface area contributed by atoms with Crippen molar-refractivity contribution in [1.29, 1.82) is 0 Å². The third kappa shape index (κ3) is 3.23. The number of nitrogens with zero attached hydrogens (tertiary/aromatic N) is 4. The summed E-state index contributed by atoms with van der Waals surface area (Å²) in [5, 5.41) is 11.0. The number of aromatic nitrogens is 4. The molecule has 0 radical (unpaired) electrons. The minimum absolute atomic E-state index is 0.837. The molecule has 2 aromatic heterocycles. The number of hydrogen-bond donors (Lipinski definition) is 0. The van der Waals surface area contributed by atoms with E-state index in [0.717, 1.165) is 61.5 Å². The topological polar surface area (TPSA) is 35.6 Å². The first kappa shape index (κ1) is 21.6. The Morgan fingerprint density at radius 1 is 0.684 bits per heavy atom. The molecule has 3 aromatic carbocycles. The maximum absolute atomic E-state index is 4.87. The van der Waals surface area contributed by atoms with Gasteiger partial charge in [0.05, 0.1) is 16.9 Å². The molecule has 0 atom stereocenters. The standard InChI is InChI=1S/C34H28N4/c1-2-11-24(12-3-1)33-35-36-34(38-31-16-8-6-14-29(31)30-15-7-9-17-32(30)38)37(33)26-20-21-28-25(22-26)19-18-23-10-4-5-13-27(23)28/h1-4,6,8-12,14,16-17,20-22H,5,7,13,15,18-19H2. The van der Waals surface area contributed by atoms with Crippen molar-refractivity contribution >= 4 is 22.6 Å². The lowest BCUT2D eigenvalue weighted by Crippen LogP contribution is -2.11. The molecule has 2 heterocycles. The van der Waals surface area contributed by atoms with E-state index in [1.54, 1.807) is 0 Å². The van der Waals surface area contributed by atoms with Crippen LogP contribution in [0.4, 0.5) is 0 Å². The molecule has 3 aliphatic carbocycles. The summed E-state index contributed by atoms with van der Waals surface area (Å²) >= 11 is 0. The second-order valence-electron chi connectivity index (χ2n) is 10.5. The van der Waals surface area contributed by atoms with Crippen molar-refractivity contribution in [2.45, 2.75) is 38.5 Å². The minimum atomic E-state index is 0.837. The van der Waals surface area contributed by atoms with Gasteiger partial charge in [-0.15, -0.1) is 10.2 Å². The van der Waals surface area contributed by atoms with Crippen molar-refractivity contribution in [2.75, 3.05) is 0 Å². The zero-order valence-corrected chi connectivity index (χ0v) is 21.3. The normalized spacial score (nSPS) is 16.0. The fourth-order valence-corrected chi connectivity index (χ4v) is 6.58. The molecule has 184 valence electrons. The first-order valence-electron chi connectivity index (χ1n) is 13.7. The summed E-state index contributed by atoms with van der Waals surface area (Å²) in [6.07, 6.45) is 15.8. The third-order valence-corrected chi connectivity index (χ3v) is 8.34. The molecule has 0 amide bonds. The minimum Gasteiger partial charge on any atom is -0.278 e. The van der Waals surface area contributed by atoms with E-state index in [1.807, 2.05) is 0 Å². The van der Waals surface area contributed by atoms with Gasteiger partial charge in [-0.05, 0) is 90.6 Å². The molecule has 0 unspecified atom stereocenters. The van der Waals surface area contributed by atoms with Crippen LogP contribution < -0.4 is 0 Å². The summed E-state index contributed by atoms with van der Waals surface area (Å²) < 4.78 is 4.57. The number of aryl methyl sites for hydroxylation is 2. The summed E-state index contributed by atoms with van der Waals surface area (Å²) in [5.74, 6) is 1.70. The van der Waals surface area contributed by atoms with Crippen LogP contribution in [0.5, 0.6) is 0 Å². The summed E-state index contributed by atoms with van der Waals surface area (Å²) in [6.45, 7) is 0. The smallest absolute Gasteiger partial charge is 0.241 e. The highest BCUT2D eigenvalue weighted by molar-refractivity contribution is 5.90. The Morgan fingerprint density at radius 3 is 2.47 bits per heavy atom. The molecular weight excluding hydrogens is 464 g/mol. The third-order valence-electron chi connectivity index (χ3n) is 8.34. The molecule has 4 nitrogen and oxygen atoms in total. The fourth-order valence-electron chi connectivity index (χ4n) is 6.58. The molecular formula is C34H28N4. The summed E-state index contributed by atoms with van der Waals surface area (Å²) in [7, 11) is 0. The van der Waals surface area contributed by atoms with Crippen LogP contribution in [-0.2, 0) is 12.8 Å². The number of para-hydroxylation sites is 1. The van der Waals surface area contributed by atoms with Gasteiger partial charge in [0, 0.05) is 10.9 Å². The Hall–Kier alpha value is -4.44. The van der Waals surface area contributed by atoms with Crippen LogP contribution in [0.1, 0.15) is 48.1 Å². The number of benzene rings is 3. The van der Waals surface area contributed by atoms with Gasteiger partial charge in [0.2, 0.25) is 5.95 Å². The van der Waals surface area contributed by atoms with Gasteiger partial charge in [-0.3, -0.25) is 9.13 Å². The van der Waals surface area contributed by atoms with E-state index in [0.29, 0.717) is 0 Å². The predicted octanol–water partition coefficient (Wildman–Crippen LogP) is 7.89. The highest BCUT2D eigenvalue weighted by atomic mass is 15.4. The average molecular weight is 493 g/mol. The van der Waals surface area contributed by atoms with Crippen LogP contribution in [0.2, 0.25) is 0 Å². The Labute approximate surface area is 222 Å². The Kier molecular flexibility index (Phi) is 4.87. The Morgan fingerprint density at radius 2 is 1.53 bits per heavy atom. The summed E-state index contributed by atoms with van der Waals surface area (Å²) in [5.41, 5.74) is 11.9. The maximum atomic E-state index is 4.87. The molecule has 3 aliphatic rings. The van der Waals surface area contributed by atoms with Gasteiger partial charge in [0.1, 0.15) is 0 Å². The molecule has 0 aliphatic heterocycles. The predicted molar refractivity (Wildman–Crippen MR) is 155 cm³/mol. The van der Waals surface area contributed by atoms with Crippen molar-refractivity contribution in [3.8, 4) is 23.0 Å². The molecule has 0 spiro atoms. The fraction of sp³-hybridized carbons (Fsp3) is 0.176. The molecule has 8 rings (SSSR count). The first-order valence-corrected chi connectivity index (χ1v) is 13.7. The number of rotatable bonds is 3. The van der Waals surface area contributed by atoms with Crippen molar-refractivity contribution in [1.82, 2.24) is 19.3 Å². The first-order chi connectivity index (χ1) is 18.9. The quantitative estimate of drug-likeness (QED) is 0.257. The molecule has 0 bridgehead atoms. The summed E-state index contributed by atoms with van der Waals surface area (Å²) in [4.78, 5) is 0. The van der Waals surface area contributed by atoms with Gasteiger partial charge >= 0.3 is 0 Å². The number of hydrogen-bond acceptors (Lipinski definition) is 2. The van der Waals surface area contributed by atoms with Crippen molar-refractivity contribution < 1.29 is 0 Å². The lowest BCUT2D eigenvalue weighted by molar-refractivity contribution is 0.874. The lowest BCUT2D eigenvalue weighted by atomic mass is 9.81. The zero-order valence-electron chi connectivity index (χ0n) is 21.3. The van der Waals surface area contributed by atoms with Crippen LogP contribution in [-0.4, -0.2) is 19.3 Å². The second-order valence-corrected chi connectivity index (χ2v) is 10.5. The lowest BCUT2D eigenvalue weighted by Gasteiger charge is -2.25. The van der Waals surface area contributed by atoms with Crippen LogP contribution in [0.3, 0.4) is 0 Å². The highest BCUT2D eigenvalue weighted by Gasteiger charge is 2.26. The number of allylic oxidation sites excluding steroid dienone is 5. The van der Waals surface area contributed by atoms with E-state index >= 15 is 0 Å². The molecule has 0 N–H and O–H groups in total. The van der Waals surface area contributed by atoms with Crippen molar-refractivity contribution in [3.05, 3.63) is 119 Å². The molecule has 0 saturated carbocycles. The van der Waals surface area contributed by atoms with Gasteiger partial charge in [-0.2, -0.15) is 0 Å². The van der Waals surface area contributed by atoms with E-state index in [4.69, 9.17) is 10.2 Å². The molecule has 38 heavy (non-hydrogen) atoms. The molecule has 0 fully saturated rings. The van der Waals surface area contributed by atoms with Gasteiger partial charge in [-0.1, -0.05) is 72.8 Å².